The van der Waals surface area contributed by atoms with Crippen LogP contribution in [0, 0.1) is 28.7 Å². The Hall–Kier alpha value is -3.11. The number of benzene rings is 3. The Morgan fingerprint density at radius 1 is 1.12 bits per heavy atom. The van der Waals surface area contributed by atoms with Crippen molar-refractivity contribution < 1.29 is 9.53 Å². The van der Waals surface area contributed by atoms with Crippen LogP contribution in [0.2, 0.25) is 0 Å². The van der Waals surface area contributed by atoms with Gasteiger partial charge in [0.25, 0.3) is 5.91 Å². The summed E-state index contributed by atoms with van der Waals surface area (Å²) in [4.78, 5) is 12.8. The molecule has 4 nitrogen and oxygen atoms in total. The highest BCUT2D eigenvalue weighted by Crippen LogP contribution is 2.30. The Bertz CT molecular complexity index is 1230. The van der Waals surface area contributed by atoms with Gasteiger partial charge in [0, 0.05) is 21.2 Å². The van der Waals surface area contributed by atoms with Crippen molar-refractivity contribution in [3.05, 3.63) is 97.1 Å². The van der Waals surface area contributed by atoms with E-state index >= 15 is 0 Å². The number of nitriles is 1. The molecule has 33 heavy (non-hydrogen) atoms. The Morgan fingerprint density at radius 2 is 1.82 bits per heavy atom. The van der Waals surface area contributed by atoms with Crippen molar-refractivity contribution in [3.8, 4) is 11.8 Å². The van der Waals surface area contributed by atoms with Crippen molar-refractivity contribution in [1.82, 2.24) is 0 Å². The van der Waals surface area contributed by atoms with E-state index < -0.39 is 5.91 Å². The van der Waals surface area contributed by atoms with Gasteiger partial charge in [-0.15, -0.1) is 0 Å². The fourth-order valence-corrected chi connectivity index (χ4v) is 4.72. The Morgan fingerprint density at radius 3 is 2.45 bits per heavy atom. The second kappa shape index (κ2) is 11.2. The van der Waals surface area contributed by atoms with Crippen molar-refractivity contribution in [2.75, 3.05) is 12.4 Å². The maximum atomic E-state index is 12.8. The van der Waals surface area contributed by atoms with Gasteiger partial charge in [-0.2, -0.15) is 5.26 Å². The van der Waals surface area contributed by atoms with Gasteiger partial charge in [0.15, 0.2) is 0 Å². The predicted molar refractivity (Wildman–Crippen MR) is 142 cm³/mol. The molecule has 3 aromatic rings. The van der Waals surface area contributed by atoms with Crippen LogP contribution < -0.4 is 10.1 Å². The molecule has 0 aliphatic carbocycles. The van der Waals surface area contributed by atoms with Gasteiger partial charge in [0.1, 0.15) is 17.4 Å². The molecule has 1 N–H and O–H groups in total. The number of methoxy groups -OCH3 is 1. The van der Waals surface area contributed by atoms with Crippen LogP contribution in [-0.2, 0) is 17.6 Å². The van der Waals surface area contributed by atoms with Crippen molar-refractivity contribution in [1.29, 1.82) is 5.26 Å². The first-order valence-electron chi connectivity index (χ1n) is 10.8. The zero-order valence-electron chi connectivity index (χ0n) is 19.3. The molecule has 0 atom stereocenters. The van der Waals surface area contributed by atoms with Crippen molar-refractivity contribution in [2.45, 2.75) is 33.6 Å². The lowest BCUT2D eigenvalue weighted by atomic mass is 9.98. The lowest BCUT2D eigenvalue weighted by molar-refractivity contribution is -0.112. The first-order valence-corrected chi connectivity index (χ1v) is 11.9. The molecule has 3 rings (SSSR count). The number of carbonyl (C=O) groups excluding carboxylic acids is 1. The fourth-order valence-electron chi connectivity index (χ4n) is 3.90. The molecule has 0 radical (unpaired) electrons. The van der Waals surface area contributed by atoms with Crippen molar-refractivity contribution >= 4 is 40.3 Å². The standard InChI is InChI=1S/C28H27IN2O2/c1-5-22-8-6-7-9-26(22)31-28(32)23(17-30)13-21-15-25(29)24(27(16-21)33-4)14-20-11-18(2)10-19(3)12-20/h6-13,15-16H,5,14H2,1-4H3,(H,31,32)/b23-13+. The van der Waals surface area contributed by atoms with E-state index in [0.717, 1.165) is 44.5 Å². The number of nitrogens with zero attached hydrogens (tertiary/aromatic N) is 1. The number of aryl methyl sites for hydroxylation is 3. The van der Waals surface area contributed by atoms with Gasteiger partial charge < -0.3 is 10.1 Å². The molecule has 0 spiro atoms. The highest BCUT2D eigenvalue weighted by atomic mass is 127. The summed E-state index contributed by atoms with van der Waals surface area (Å²) < 4.78 is 6.70. The molecule has 0 saturated heterocycles. The lowest BCUT2D eigenvalue weighted by Gasteiger charge is -2.14. The van der Waals surface area contributed by atoms with Gasteiger partial charge in [0.2, 0.25) is 0 Å². The average Bonchev–Trinajstić information content (AvgIpc) is 2.78. The zero-order valence-corrected chi connectivity index (χ0v) is 21.5. The third kappa shape index (κ3) is 6.23. The van der Waals surface area contributed by atoms with Crippen molar-refractivity contribution in [2.24, 2.45) is 0 Å². The molecule has 1 amide bonds. The van der Waals surface area contributed by atoms with Gasteiger partial charge in [-0.1, -0.05) is 54.4 Å². The van der Waals surface area contributed by atoms with E-state index in [1.54, 1.807) is 13.2 Å². The van der Waals surface area contributed by atoms with Crippen LogP contribution in [0.5, 0.6) is 5.75 Å². The third-order valence-electron chi connectivity index (χ3n) is 5.38. The van der Waals surface area contributed by atoms with Crippen LogP contribution in [0.3, 0.4) is 0 Å². The highest BCUT2D eigenvalue weighted by Gasteiger charge is 2.14. The summed E-state index contributed by atoms with van der Waals surface area (Å²) in [5.41, 5.74) is 7.30. The van der Waals surface area contributed by atoms with E-state index in [-0.39, 0.29) is 5.57 Å². The summed E-state index contributed by atoms with van der Waals surface area (Å²) in [6.45, 7) is 6.22. The van der Waals surface area contributed by atoms with Gasteiger partial charge in [-0.05, 0) is 83.8 Å². The quantitative estimate of drug-likeness (QED) is 0.205. The van der Waals surface area contributed by atoms with Crippen LogP contribution in [0.1, 0.15) is 40.3 Å². The summed E-state index contributed by atoms with van der Waals surface area (Å²) in [6.07, 6.45) is 3.14. The molecule has 5 heteroatoms. The minimum atomic E-state index is -0.424. The number of halogens is 1. The first-order chi connectivity index (χ1) is 15.8. The maximum absolute atomic E-state index is 12.8. The van der Waals surface area contributed by atoms with E-state index in [1.807, 2.05) is 49.4 Å². The largest absolute Gasteiger partial charge is 0.496 e. The topological polar surface area (TPSA) is 62.1 Å². The number of amides is 1. The third-order valence-corrected chi connectivity index (χ3v) is 6.34. The molecule has 0 bridgehead atoms. The number of hydrogen-bond donors (Lipinski definition) is 1. The first kappa shape index (κ1) is 24.5. The Kier molecular flexibility index (Phi) is 8.29. The highest BCUT2D eigenvalue weighted by molar-refractivity contribution is 14.1. The number of nitrogens with one attached hydrogen (secondary N) is 1. The van der Waals surface area contributed by atoms with E-state index in [4.69, 9.17) is 4.74 Å². The van der Waals surface area contributed by atoms with E-state index in [0.29, 0.717) is 0 Å². The van der Waals surface area contributed by atoms with Gasteiger partial charge in [-0.3, -0.25) is 4.79 Å². The molecule has 3 aromatic carbocycles. The van der Waals surface area contributed by atoms with Gasteiger partial charge in [0.05, 0.1) is 7.11 Å². The monoisotopic (exact) mass is 550 g/mol. The molecule has 0 heterocycles. The van der Waals surface area contributed by atoms with Crippen LogP contribution in [0.4, 0.5) is 5.69 Å². The van der Waals surface area contributed by atoms with Crippen LogP contribution >= 0.6 is 22.6 Å². The molecule has 0 fully saturated rings. The molecule has 0 unspecified atom stereocenters. The minimum Gasteiger partial charge on any atom is -0.496 e. The number of anilines is 1. The predicted octanol–water partition coefficient (Wildman–Crippen LogP) is 6.62. The summed E-state index contributed by atoms with van der Waals surface area (Å²) in [6, 6.07) is 20.0. The SMILES string of the molecule is CCc1ccccc1NC(=O)/C(C#N)=C/c1cc(I)c(Cc2cc(C)cc(C)c2)c(OC)c1. The van der Waals surface area contributed by atoms with E-state index in [1.165, 1.54) is 16.7 Å². The van der Waals surface area contributed by atoms with Gasteiger partial charge in [-0.25, -0.2) is 0 Å². The summed E-state index contributed by atoms with van der Waals surface area (Å²) in [7, 11) is 1.64. The molecular weight excluding hydrogens is 523 g/mol. The normalized spacial score (nSPS) is 11.1. The van der Waals surface area contributed by atoms with Crippen molar-refractivity contribution in [3.63, 3.8) is 0 Å². The molecule has 0 aliphatic rings. The van der Waals surface area contributed by atoms with Crippen LogP contribution in [0.25, 0.3) is 6.08 Å². The smallest absolute Gasteiger partial charge is 0.266 e. The zero-order chi connectivity index (χ0) is 24.0. The molecule has 168 valence electrons. The average molecular weight is 550 g/mol. The number of para-hydroxylation sites is 1. The van der Waals surface area contributed by atoms with Gasteiger partial charge >= 0.3 is 0 Å². The van der Waals surface area contributed by atoms with E-state index in [9.17, 15) is 10.1 Å². The molecule has 0 saturated carbocycles. The maximum Gasteiger partial charge on any atom is 0.266 e. The molecule has 0 aromatic heterocycles. The number of carbonyl (C=O) groups is 1. The molecule has 0 aliphatic heterocycles. The lowest BCUT2D eigenvalue weighted by Crippen LogP contribution is -2.14. The van der Waals surface area contributed by atoms with Crippen LogP contribution in [0.15, 0.2) is 60.2 Å². The Balaban J connectivity index is 1.91. The summed E-state index contributed by atoms with van der Waals surface area (Å²) in [5, 5.41) is 12.5. The van der Waals surface area contributed by atoms with E-state index in [2.05, 4.69) is 60.0 Å². The second-order valence-electron chi connectivity index (χ2n) is 7.99. The molecular formula is C28H27IN2O2. The number of ether oxygens (including phenoxy) is 1. The summed E-state index contributed by atoms with van der Waals surface area (Å²) in [5.74, 6) is 0.313. The second-order valence-corrected chi connectivity index (χ2v) is 9.15. The Labute approximate surface area is 209 Å². The summed E-state index contributed by atoms with van der Waals surface area (Å²) >= 11 is 2.29. The fraction of sp³-hybridized carbons (Fsp3) is 0.214. The number of hydrogen-bond acceptors (Lipinski definition) is 3. The van der Waals surface area contributed by atoms with Crippen LogP contribution in [-0.4, -0.2) is 13.0 Å². The number of rotatable bonds is 7. The minimum absolute atomic E-state index is 0.0424.